The molecular weight excluding hydrogens is 320 g/mol. The molecule has 1 aromatic heterocycles. The number of benzene rings is 1. The smallest absolute Gasteiger partial charge is 0.252 e. The monoisotopic (exact) mass is 336 g/mol. The second-order valence-corrected chi connectivity index (χ2v) is 7.05. The van der Waals surface area contributed by atoms with E-state index in [0.29, 0.717) is 13.1 Å². The number of aromatic nitrogens is 2. The maximum Gasteiger partial charge on any atom is 0.252 e. The number of primary amides is 1. The van der Waals surface area contributed by atoms with Gasteiger partial charge < -0.3 is 10.5 Å². The molecule has 0 saturated heterocycles. The van der Waals surface area contributed by atoms with E-state index in [-0.39, 0.29) is 22.8 Å². The summed E-state index contributed by atoms with van der Waals surface area (Å²) in [5, 5.41) is 4.12. The van der Waals surface area contributed by atoms with Gasteiger partial charge >= 0.3 is 0 Å². The lowest BCUT2D eigenvalue weighted by Gasteiger charge is -2.27. The van der Waals surface area contributed by atoms with Crippen LogP contribution in [0.2, 0.25) is 0 Å². The number of amides is 1. The van der Waals surface area contributed by atoms with Gasteiger partial charge in [0.05, 0.1) is 36.4 Å². The summed E-state index contributed by atoms with van der Waals surface area (Å²) in [7, 11) is -2.34. The Kier molecular flexibility index (Phi) is 3.82. The molecule has 0 saturated carbocycles. The van der Waals surface area contributed by atoms with Gasteiger partial charge in [0, 0.05) is 12.7 Å². The topological polar surface area (TPSA) is 108 Å². The summed E-state index contributed by atoms with van der Waals surface area (Å²) < 4.78 is 33.8. The highest BCUT2D eigenvalue weighted by Gasteiger charge is 2.29. The maximum atomic E-state index is 12.8. The average Bonchev–Trinajstić information content (AvgIpc) is 3.01. The molecule has 23 heavy (non-hydrogen) atoms. The van der Waals surface area contributed by atoms with Gasteiger partial charge in [-0.15, -0.1) is 0 Å². The lowest BCUT2D eigenvalue weighted by molar-refractivity contribution is 0.0997. The first-order valence-corrected chi connectivity index (χ1v) is 8.36. The molecule has 0 radical (unpaired) electrons. The Morgan fingerprint density at radius 1 is 1.30 bits per heavy atom. The Bertz CT molecular complexity index is 859. The van der Waals surface area contributed by atoms with Crippen molar-refractivity contribution in [3.8, 4) is 5.75 Å². The highest BCUT2D eigenvalue weighted by molar-refractivity contribution is 7.89. The van der Waals surface area contributed by atoms with Gasteiger partial charge in [-0.05, 0) is 24.3 Å². The van der Waals surface area contributed by atoms with Gasteiger partial charge in [-0.1, -0.05) is 0 Å². The summed E-state index contributed by atoms with van der Waals surface area (Å²) in [6.07, 6.45) is 1.64. The summed E-state index contributed by atoms with van der Waals surface area (Å²) in [4.78, 5) is 11.5. The van der Waals surface area contributed by atoms with E-state index >= 15 is 0 Å². The quantitative estimate of drug-likeness (QED) is 0.858. The number of methoxy groups -OCH3 is 1. The zero-order chi connectivity index (χ0) is 16.6. The molecule has 0 fully saturated rings. The third-order valence-corrected chi connectivity index (χ3v) is 5.62. The van der Waals surface area contributed by atoms with Crippen molar-refractivity contribution in [2.24, 2.45) is 5.73 Å². The van der Waals surface area contributed by atoms with Crippen LogP contribution < -0.4 is 10.5 Å². The van der Waals surface area contributed by atoms with Gasteiger partial charge in [0.15, 0.2) is 0 Å². The molecule has 0 unspecified atom stereocenters. The molecule has 3 rings (SSSR count). The minimum absolute atomic E-state index is 0.0139. The third-order valence-electron chi connectivity index (χ3n) is 3.78. The van der Waals surface area contributed by atoms with E-state index < -0.39 is 15.9 Å². The maximum absolute atomic E-state index is 12.8. The number of hydrogen-bond donors (Lipinski definition) is 1. The van der Waals surface area contributed by atoms with Crippen LogP contribution in [0.15, 0.2) is 35.4 Å². The van der Waals surface area contributed by atoms with Crippen LogP contribution in [-0.4, -0.2) is 42.1 Å². The zero-order valence-corrected chi connectivity index (χ0v) is 13.3. The fourth-order valence-electron chi connectivity index (χ4n) is 2.56. The first-order chi connectivity index (χ1) is 10.9. The molecule has 2 N–H and O–H groups in total. The third kappa shape index (κ3) is 2.68. The van der Waals surface area contributed by atoms with Gasteiger partial charge in [-0.25, -0.2) is 8.42 Å². The number of sulfonamides is 1. The number of rotatable bonds is 4. The summed E-state index contributed by atoms with van der Waals surface area (Å²) in [6, 6.07) is 5.88. The van der Waals surface area contributed by atoms with Crippen molar-refractivity contribution in [3.05, 3.63) is 41.7 Å². The standard InChI is InChI=1S/C14H16N4O4S/c1-22-13-3-2-11(8-12(13)14(15)19)23(20,21)17-6-7-18-10(9-17)4-5-16-18/h2-5,8H,6-7,9H2,1H3,(H2,15,19). The molecule has 0 aliphatic carbocycles. The van der Waals surface area contributed by atoms with Gasteiger partial charge in [-0.2, -0.15) is 9.40 Å². The molecule has 1 aliphatic heterocycles. The summed E-state index contributed by atoms with van der Waals surface area (Å²) >= 11 is 0. The van der Waals surface area contributed by atoms with E-state index in [1.165, 1.54) is 29.6 Å². The lowest BCUT2D eigenvalue weighted by atomic mass is 10.2. The summed E-state index contributed by atoms with van der Waals surface area (Å²) in [5.41, 5.74) is 6.15. The molecule has 1 amide bonds. The average molecular weight is 336 g/mol. The van der Waals surface area contributed by atoms with Gasteiger partial charge in [0.25, 0.3) is 5.91 Å². The SMILES string of the molecule is COc1ccc(S(=O)(=O)N2CCn3nccc3C2)cc1C(N)=O. The summed E-state index contributed by atoms with van der Waals surface area (Å²) in [6.45, 7) is 1.04. The molecule has 0 bridgehead atoms. The van der Waals surface area contributed by atoms with Crippen LogP contribution in [0.4, 0.5) is 0 Å². The molecule has 0 atom stereocenters. The predicted octanol–water partition coefficient (Wildman–Crippen LogP) is 0.195. The van der Waals surface area contributed by atoms with E-state index in [4.69, 9.17) is 10.5 Å². The van der Waals surface area contributed by atoms with Gasteiger partial charge in [-0.3, -0.25) is 9.48 Å². The van der Waals surface area contributed by atoms with Crippen LogP contribution in [0.3, 0.4) is 0 Å². The Hall–Kier alpha value is -2.39. The van der Waals surface area contributed by atoms with E-state index in [2.05, 4.69) is 5.10 Å². The Labute approximate surface area is 133 Å². The number of nitrogens with two attached hydrogens (primary N) is 1. The predicted molar refractivity (Wildman–Crippen MR) is 81.3 cm³/mol. The minimum atomic E-state index is -3.73. The fourth-order valence-corrected chi connectivity index (χ4v) is 3.99. The Balaban J connectivity index is 1.97. The molecule has 9 heteroatoms. The minimum Gasteiger partial charge on any atom is -0.496 e. The van der Waals surface area contributed by atoms with Crippen molar-refractivity contribution in [2.75, 3.05) is 13.7 Å². The largest absolute Gasteiger partial charge is 0.496 e. The number of carbonyl (C=O) groups is 1. The van der Waals surface area contributed by atoms with Gasteiger partial charge in [0.1, 0.15) is 5.75 Å². The summed E-state index contributed by atoms with van der Waals surface area (Å²) in [5.74, 6) is -0.496. The second-order valence-electron chi connectivity index (χ2n) is 5.11. The molecule has 0 spiro atoms. The highest BCUT2D eigenvalue weighted by Crippen LogP contribution is 2.26. The van der Waals surface area contributed by atoms with Crippen LogP contribution in [0.1, 0.15) is 16.1 Å². The van der Waals surface area contributed by atoms with E-state index in [9.17, 15) is 13.2 Å². The van der Waals surface area contributed by atoms with Crippen LogP contribution in [0.5, 0.6) is 5.75 Å². The molecule has 1 aliphatic rings. The first kappa shape index (κ1) is 15.5. The van der Waals surface area contributed by atoms with E-state index in [1.54, 1.807) is 16.9 Å². The fraction of sp³-hybridized carbons (Fsp3) is 0.286. The Morgan fingerprint density at radius 2 is 2.09 bits per heavy atom. The van der Waals surface area contributed by atoms with Crippen LogP contribution in [0.25, 0.3) is 0 Å². The van der Waals surface area contributed by atoms with Crippen molar-refractivity contribution < 1.29 is 17.9 Å². The number of carbonyl (C=O) groups excluding carboxylic acids is 1. The second kappa shape index (κ2) is 5.67. The normalized spacial score (nSPS) is 15.2. The van der Waals surface area contributed by atoms with Crippen LogP contribution in [-0.2, 0) is 23.1 Å². The molecule has 2 aromatic rings. The molecular formula is C14H16N4O4S. The van der Waals surface area contributed by atoms with E-state index in [0.717, 1.165) is 5.69 Å². The van der Waals surface area contributed by atoms with Crippen molar-refractivity contribution in [2.45, 2.75) is 18.0 Å². The van der Waals surface area contributed by atoms with E-state index in [1.807, 2.05) is 0 Å². The molecule has 8 nitrogen and oxygen atoms in total. The first-order valence-electron chi connectivity index (χ1n) is 6.92. The van der Waals surface area contributed by atoms with Crippen molar-refractivity contribution in [3.63, 3.8) is 0 Å². The molecule has 122 valence electrons. The Morgan fingerprint density at radius 3 is 2.78 bits per heavy atom. The molecule has 1 aromatic carbocycles. The molecule has 2 heterocycles. The zero-order valence-electron chi connectivity index (χ0n) is 12.5. The van der Waals surface area contributed by atoms with Crippen molar-refractivity contribution >= 4 is 15.9 Å². The van der Waals surface area contributed by atoms with Crippen LogP contribution >= 0.6 is 0 Å². The van der Waals surface area contributed by atoms with Crippen molar-refractivity contribution in [1.82, 2.24) is 14.1 Å². The van der Waals surface area contributed by atoms with Gasteiger partial charge in [0.2, 0.25) is 10.0 Å². The lowest BCUT2D eigenvalue weighted by Crippen LogP contribution is -2.38. The highest BCUT2D eigenvalue weighted by atomic mass is 32.2. The number of hydrogen-bond acceptors (Lipinski definition) is 5. The number of ether oxygens (including phenoxy) is 1. The number of nitrogens with zero attached hydrogens (tertiary/aromatic N) is 3. The number of fused-ring (bicyclic) bond motifs is 1. The van der Waals surface area contributed by atoms with Crippen molar-refractivity contribution in [1.29, 1.82) is 0 Å². The van der Waals surface area contributed by atoms with Crippen LogP contribution in [0, 0.1) is 0 Å².